The standard InChI is InChI=1S/C23H28ClFN3OP/c1-15(2)21(22(29)27(4)5)28(14-17-8-6-7-9-20(17)24)18-11-10-16(13-26)19(12-18)23(3,25)30/h6-12,15,21H,14,30H2,1-5H3/t21-,23?/m0/s1. The number of hydrogen-bond acceptors (Lipinski definition) is 3. The van der Waals surface area contributed by atoms with Crippen LogP contribution in [0.1, 0.15) is 37.5 Å². The Hall–Kier alpha value is -2.15. The first kappa shape index (κ1) is 24.1. The second-order valence-electron chi connectivity index (χ2n) is 8.06. The van der Waals surface area contributed by atoms with Gasteiger partial charge >= 0.3 is 0 Å². The molecule has 0 fully saturated rings. The maximum atomic E-state index is 14.8. The van der Waals surface area contributed by atoms with E-state index in [4.69, 9.17) is 11.6 Å². The fraction of sp³-hybridized carbons (Fsp3) is 0.391. The van der Waals surface area contributed by atoms with Crippen LogP contribution in [0.25, 0.3) is 0 Å². The molecular formula is C23H28ClFN3OP. The summed E-state index contributed by atoms with van der Waals surface area (Å²) in [6, 6.07) is 14.0. The van der Waals surface area contributed by atoms with Crippen LogP contribution in [-0.4, -0.2) is 30.9 Å². The van der Waals surface area contributed by atoms with Crippen LogP contribution in [0.3, 0.4) is 0 Å². The first-order valence-electron chi connectivity index (χ1n) is 9.71. The van der Waals surface area contributed by atoms with Crippen molar-refractivity contribution in [3.63, 3.8) is 0 Å². The second-order valence-corrected chi connectivity index (χ2v) is 9.55. The molecule has 0 heterocycles. The molecule has 2 aromatic carbocycles. The topological polar surface area (TPSA) is 47.3 Å². The highest BCUT2D eigenvalue weighted by Gasteiger charge is 2.32. The summed E-state index contributed by atoms with van der Waals surface area (Å²) in [5, 5.41) is 8.24. The average molecular weight is 448 g/mol. The van der Waals surface area contributed by atoms with Gasteiger partial charge in [-0.2, -0.15) is 5.26 Å². The van der Waals surface area contributed by atoms with E-state index in [2.05, 4.69) is 15.3 Å². The Labute approximate surface area is 185 Å². The summed E-state index contributed by atoms with van der Waals surface area (Å²) in [6.07, 6.45) is 0. The third kappa shape index (κ3) is 5.50. The van der Waals surface area contributed by atoms with Crippen LogP contribution in [0.5, 0.6) is 0 Å². The highest BCUT2D eigenvalue weighted by Crippen LogP contribution is 2.38. The van der Waals surface area contributed by atoms with Crippen molar-refractivity contribution in [3.05, 3.63) is 64.2 Å². The Balaban J connectivity index is 2.68. The third-order valence-electron chi connectivity index (χ3n) is 4.94. The predicted octanol–water partition coefficient (Wildman–Crippen LogP) is 5.35. The molecule has 30 heavy (non-hydrogen) atoms. The van der Waals surface area contributed by atoms with E-state index in [1.807, 2.05) is 36.9 Å². The SMILES string of the molecule is CC(C)[C@@H](C(=O)N(C)C)N(Cc1ccccc1Cl)c1ccc(C#N)c(C(C)(F)P)c1. The molecular weight excluding hydrogens is 420 g/mol. The van der Waals surface area contributed by atoms with E-state index < -0.39 is 11.5 Å². The number of carbonyl (C=O) groups is 1. The fourth-order valence-corrected chi connectivity index (χ4v) is 3.85. The van der Waals surface area contributed by atoms with Gasteiger partial charge in [-0.1, -0.05) is 52.9 Å². The third-order valence-corrected chi connectivity index (χ3v) is 5.62. The Morgan fingerprint density at radius 2 is 1.90 bits per heavy atom. The van der Waals surface area contributed by atoms with Crippen molar-refractivity contribution >= 4 is 32.4 Å². The molecule has 0 saturated heterocycles. The van der Waals surface area contributed by atoms with Crippen LogP contribution in [-0.2, 0) is 16.7 Å². The van der Waals surface area contributed by atoms with E-state index in [1.54, 1.807) is 43.3 Å². The summed E-state index contributed by atoms with van der Waals surface area (Å²) in [6.45, 7) is 5.71. The number of benzene rings is 2. The highest BCUT2D eigenvalue weighted by atomic mass is 35.5. The summed E-state index contributed by atoms with van der Waals surface area (Å²) < 4.78 is 14.8. The average Bonchev–Trinajstić information content (AvgIpc) is 2.67. The number of likely N-dealkylation sites (N-methyl/N-ethyl adjacent to an activating group) is 1. The Morgan fingerprint density at radius 3 is 2.40 bits per heavy atom. The van der Waals surface area contributed by atoms with Gasteiger partial charge in [-0.15, -0.1) is 0 Å². The van der Waals surface area contributed by atoms with Gasteiger partial charge in [-0.3, -0.25) is 4.79 Å². The van der Waals surface area contributed by atoms with Gasteiger partial charge in [0.25, 0.3) is 0 Å². The minimum Gasteiger partial charge on any atom is -0.355 e. The maximum Gasteiger partial charge on any atom is 0.245 e. The lowest BCUT2D eigenvalue weighted by Crippen LogP contribution is -2.49. The van der Waals surface area contributed by atoms with Gasteiger partial charge in [0.05, 0.1) is 11.6 Å². The number of halogens is 2. The first-order valence-corrected chi connectivity index (χ1v) is 10.7. The minimum absolute atomic E-state index is 0.0192. The monoisotopic (exact) mass is 447 g/mol. The van der Waals surface area contributed by atoms with Crippen molar-refractivity contribution in [1.82, 2.24) is 4.90 Å². The molecule has 2 unspecified atom stereocenters. The van der Waals surface area contributed by atoms with Crippen molar-refractivity contribution in [2.45, 2.75) is 38.8 Å². The minimum atomic E-state index is -1.78. The van der Waals surface area contributed by atoms with Crippen molar-refractivity contribution in [3.8, 4) is 6.07 Å². The van der Waals surface area contributed by atoms with Crippen molar-refractivity contribution in [1.29, 1.82) is 5.26 Å². The lowest BCUT2D eigenvalue weighted by Gasteiger charge is -2.37. The van der Waals surface area contributed by atoms with E-state index in [-0.39, 0.29) is 23.0 Å². The molecule has 2 rings (SSSR count). The van der Waals surface area contributed by atoms with Gasteiger partial charge in [0.15, 0.2) is 0 Å². The van der Waals surface area contributed by atoms with Crippen LogP contribution in [0.4, 0.5) is 10.1 Å². The van der Waals surface area contributed by atoms with Crippen LogP contribution >= 0.6 is 20.8 Å². The zero-order valence-corrected chi connectivity index (χ0v) is 19.9. The number of amides is 1. The molecule has 7 heteroatoms. The van der Waals surface area contributed by atoms with E-state index >= 15 is 0 Å². The molecule has 0 aliphatic heterocycles. The summed E-state index contributed by atoms with van der Waals surface area (Å²) in [5.74, 6) is -0.0777. The summed E-state index contributed by atoms with van der Waals surface area (Å²) in [7, 11) is 5.58. The first-order chi connectivity index (χ1) is 14.0. The molecule has 160 valence electrons. The molecule has 0 bridgehead atoms. The Bertz CT molecular complexity index is 950. The number of nitriles is 1. The van der Waals surface area contributed by atoms with E-state index in [0.717, 1.165) is 5.56 Å². The van der Waals surface area contributed by atoms with Gasteiger partial charge in [0.2, 0.25) is 5.91 Å². The predicted molar refractivity (Wildman–Crippen MR) is 124 cm³/mol. The molecule has 3 atom stereocenters. The van der Waals surface area contributed by atoms with Gasteiger partial charge < -0.3 is 9.80 Å². The molecule has 0 spiro atoms. The molecule has 0 saturated carbocycles. The number of carbonyl (C=O) groups excluding carboxylic acids is 1. The Morgan fingerprint density at radius 1 is 1.27 bits per heavy atom. The quantitative estimate of drug-likeness (QED) is 0.537. The van der Waals surface area contributed by atoms with Crippen molar-refractivity contribution in [2.75, 3.05) is 19.0 Å². The summed E-state index contributed by atoms with van der Waals surface area (Å²) >= 11 is 6.41. The van der Waals surface area contributed by atoms with Crippen LogP contribution in [0, 0.1) is 17.2 Å². The second kappa shape index (κ2) is 9.77. The van der Waals surface area contributed by atoms with Gasteiger partial charge in [0.1, 0.15) is 11.5 Å². The molecule has 1 amide bonds. The lowest BCUT2D eigenvalue weighted by atomic mass is 9.97. The van der Waals surface area contributed by atoms with Gasteiger partial charge in [-0.05, 0) is 42.7 Å². The zero-order chi connectivity index (χ0) is 22.6. The van der Waals surface area contributed by atoms with Crippen molar-refractivity contribution < 1.29 is 9.18 Å². The molecule has 0 aliphatic rings. The highest BCUT2D eigenvalue weighted by molar-refractivity contribution is 7.18. The van der Waals surface area contributed by atoms with Crippen LogP contribution < -0.4 is 4.90 Å². The lowest BCUT2D eigenvalue weighted by molar-refractivity contribution is -0.131. The molecule has 0 aromatic heterocycles. The summed E-state index contributed by atoms with van der Waals surface area (Å²) in [4.78, 5) is 16.6. The number of rotatable bonds is 7. The molecule has 0 radical (unpaired) electrons. The van der Waals surface area contributed by atoms with Crippen LogP contribution in [0.2, 0.25) is 5.02 Å². The molecule has 0 N–H and O–H groups in total. The molecule has 0 aliphatic carbocycles. The largest absolute Gasteiger partial charge is 0.355 e. The summed E-state index contributed by atoms with van der Waals surface area (Å²) in [5.41, 5.74) is 2.04. The zero-order valence-electron chi connectivity index (χ0n) is 18.0. The Kier molecular flexibility index (Phi) is 7.86. The molecule has 2 aromatic rings. The van der Waals surface area contributed by atoms with E-state index in [1.165, 1.54) is 6.92 Å². The van der Waals surface area contributed by atoms with Crippen molar-refractivity contribution in [2.24, 2.45) is 5.92 Å². The number of hydrogen-bond donors (Lipinski definition) is 0. The smallest absolute Gasteiger partial charge is 0.245 e. The van der Waals surface area contributed by atoms with Gasteiger partial charge in [-0.25, -0.2) is 4.39 Å². The van der Waals surface area contributed by atoms with E-state index in [0.29, 0.717) is 17.3 Å². The van der Waals surface area contributed by atoms with E-state index in [9.17, 15) is 14.4 Å². The molecule has 4 nitrogen and oxygen atoms in total. The number of alkyl halides is 1. The maximum absolute atomic E-state index is 14.8. The normalized spacial score (nSPS) is 14.0. The van der Waals surface area contributed by atoms with Crippen LogP contribution in [0.15, 0.2) is 42.5 Å². The number of nitrogens with zero attached hydrogens (tertiary/aromatic N) is 3. The number of anilines is 1. The fourth-order valence-electron chi connectivity index (χ4n) is 3.42. The van der Waals surface area contributed by atoms with Gasteiger partial charge in [0, 0.05) is 36.9 Å².